The Morgan fingerprint density at radius 2 is 1.95 bits per heavy atom. The molecule has 0 saturated carbocycles. The second-order valence-corrected chi connectivity index (χ2v) is 5.02. The maximum atomic E-state index is 13.6. The van der Waals surface area contributed by atoms with Crippen LogP contribution in [0.4, 0.5) is 14.5 Å². The van der Waals surface area contributed by atoms with Crippen LogP contribution in [0.1, 0.15) is 31.2 Å². The van der Waals surface area contributed by atoms with Crippen molar-refractivity contribution in [2.24, 2.45) is 0 Å². The van der Waals surface area contributed by atoms with Gasteiger partial charge in [0.1, 0.15) is 6.07 Å². The molecule has 1 N–H and O–H groups in total. The Labute approximate surface area is 122 Å². The monoisotopic (exact) mass is 293 g/mol. The molecule has 0 atom stereocenters. The number of nitrogens with zero attached hydrogens (tertiary/aromatic N) is 2. The van der Waals surface area contributed by atoms with E-state index in [1.807, 2.05) is 0 Å². The van der Waals surface area contributed by atoms with Crippen LogP contribution in [0.15, 0.2) is 12.1 Å². The first-order valence-electron chi connectivity index (χ1n) is 7.03. The Balaban J connectivity index is 1.87. The van der Waals surface area contributed by atoms with Crippen LogP contribution < -0.4 is 5.32 Å². The number of anilines is 1. The molecule has 0 unspecified atom stereocenters. The Hall–Kier alpha value is -2.16. The zero-order chi connectivity index (χ0) is 15.2. The van der Waals surface area contributed by atoms with Gasteiger partial charge in [-0.25, -0.2) is 8.78 Å². The van der Waals surface area contributed by atoms with Crippen molar-refractivity contribution >= 4 is 11.6 Å². The predicted molar refractivity (Wildman–Crippen MR) is 74.6 cm³/mol. The highest BCUT2D eigenvalue weighted by atomic mass is 19.2. The molecule has 1 aliphatic heterocycles. The van der Waals surface area contributed by atoms with Gasteiger partial charge in [-0.3, -0.25) is 4.79 Å². The molecule has 21 heavy (non-hydrogen) atoms. The quantitative estimate of drug-likeness (QED) is 0.928. The summed E-state index contributed by atoms with van der Waals surface area (Å²) in [5.41, 5.74) is -0.361. The van der Waals surface area contributed by atoms with E-state index in [4.69, 9.17) is 5.26 Å². The molecule has 6 heteroatoms. The van der Waals surface area contributed by atoms with Gasteiger partial charge >= 0.3 is 0 Å². The van der Waals surface area contributed by atoms with Gasteiger partial charge in [-0.05, 0) is 31.4 Å². The second-order valence-electron chi connectivity index (χ2n) is 5.02. The van der Waals surface area contributed by atoms with Crippen molar-refractivity contribution in [1.29, 1.82) is 5.26 Å². The Kier molecular flexibility index (Phi) is 5.09. The summed E-state index contributed by atoms with van der Waals surface area (Å²) in [6, 6.07) is 4.10. The third-order valence-corrected chi connectivity index (χ3v) is 3.57. The molecule has 1 aromatic carbocycles. The van der Waals surface area contributed by atoms with Crippen molar-refractivity contribution in [3.05, 3.63) is 29.3 Å². The number of rotatable bonds is 4. The fourth-order valence-corrected chi connectivity index (χ4v) is 2.38. The maximum absolute atomic E-state index is 13.6. The molecule has 0 spiro atoms. The third-order valence-electron chi connectivity index (χ3n) is 3.57. The topological polar surface area (TPSA) is 56.1 Å². The first-order chi connectivity index (χ1) is 10.1. The minimum atomic E-state index is -1.16. The van der Waals surface area contributed by atoms with Crippen LogP contribution in [-0.2, 0) is 4.79 Å². The Morgan fingerprint density at radius 3 is 2.62 bits per heavy atom. The summed E-state index contributed by atoms with van der Waals surface area (Å²) in [6.45, 7) is 1.79. The van der Waals surface area contributed by atoms with Crippen LogP contribution >= 0.6 is 0 Å². The van der Waals surface area contributed by atoms with Crippen LogP contribution in [0.25, 0.3) is 0 Å². The fourth-order valence-electron chi connectivity index (χ4n) is 2.38. The summed E-state index contributed by atoms with van der Waals surface area (Å²) in [5, 5.41) is 11.3. The van der Waals surface area contributed by atoms with Crippen molar-refractivity contribution < 1.29 is 13.6 Å². The van der Waals surface area contributed by atoms with E-state index in [9.17, 15) is 13.6 Å². The fraction of sp³-hybridized carbons (Fsp3) is 0.467. The van der Waals surface area contributed by atoms with E-state index in [1.54, 1.807) is 11.0 Å². The molecule has 0 radical (unpaired) electrons. The van der Waals surface area contributed by atoms with Gasteiger partial charge in [-0.1, -0.05) is 0 Å². The summed E-state index contributed by atoms with van der Waals surface area (Å²) < 4.78 is 27.1. The highest BCUT2D eigenvalue weighted by molar-refractivity contribution is 5.76. The molecule has 2 rings (SSSR count). The molecule has 0 aliphatic carbocycles. The smallest absolute Gasteiger partial charge is 0.224 e. The molecule has 1 aromatic rings. The van der Waals surface area contributed by atoms with Crippen molar-refractivity contribution in [2.75, 3.05) is 25.0 Å². The van der Waals surface area contributed by atoms with Gasteiger partial charge < -0.3 is 10.2 Å². The summed E-state index contributed by atoms with van der Waals surface area (Å²) in [7, 11) is 0. The number of nitrogens with one attached hydrogen (secondary N) is 1. The van der Waals surface area contributed by atoms with Gasteiger partial charge in [-0.15, -0.1) is 0 Å². The second kappa shape index (κ2) is 7.02. The third kappa shape index (κ3) is 3.69. The van der Waals surface area contributed by atoms with Gasteiger partial charge in [0.05, 0.1) is 11.3 Å². The Bertz CT molecular complexity index is 563. The predicted octanol–water partition coefficient (Wildman–Crippen LogP) is 2.65. The SMILES string of the molecule is N#Cc1ccc(NCCC(=O)N2CCCCC2)c(F)c1F. The number of carbonyl (C=O) groups is 1. The molecule has 0 bridgehead atoms. The molecule has 1 amide bonds. The van der Waals surface area contributed by atoms with Crippen molar-refractivity contribution in [1.82, 2.24) is 4.90 Å². The number of nitriles is 1. The largest absolute Gasteiger partial charge is 0.382 e. The van der Waals surface area contributed by atoms with Gasteiger partial charge in [0.25, 0.3) is 0 Å². The normalized spacial score (nSPS) is 14.6. The minimum Gasteiger partial charge on any atom is -0.382 e. The maximum Gasteiger partial charge on any atom is 0.224 e. The lowest BCUT2D eigenvalue weighted by atomic mass is 10.1. The Morgan fingerprint density at radius 1 is 1.24 bits per heavy atom. The van der Waals surface area contributed by atoms with Crippen molar-refractivity contribution in [3.63, 3.8) is 0 Å². The van der Waals surface area contributed by atoms with E-state index < -0.39 is 11.6 Å². The molecular formula is C15H17F2N3O. The van der Waals surface area contributed by atoms with Gasteiger partial charge in [0.2, 0.25) is 5.91 Å². The lowest BCUT2D eigenvalue weighted by Gasteiger charge is -2.26. The van der Waals surface area contributed by atoms with E-state index in [-0.39, 0.29) is 30.1 Å². The molecule has 1 saturated heterocycles. The summed E-state index contributed by atoms with van der Waals surface area (Å²) in [6.07, 6.45) is 3.43. The van der Waals surface area contributed by atoms with E-state index in [0.717, 1.165) is 32.4 Å². The van der Waals surface area contributed by atoms with Gasteiger partial charge in [0.15, 0.2) is 11.6 Å². The highest BCUT2D eigenvalue weighted by Gasteiger charge is 2.17. The van der Waals surface area contributed by atoms with E-state index in [0.29, 0.717) is 0 Å². The standard InChI is InChI=1S/C15H17F2N3O/c16-14-11(10-18)4-5-12(15(14)17)19-7-6-13(21)20-8-2-1-3-9-20/h4-5,19H,1-3,6-9H2. The molecular weight excluding hydrogens is 276 g/mol. The lowest BCUT2D eigenvalue weighted by molar-refractivity contribution is -0.131. The van der Waals surface area contributed by atoms with Crippen LogP contribution in [-0.4, -0.2) is 30.4 Å². The minimum absolute atomic E-state index is 0.0247. The van der Waals surface area contributed by atoms with Gasteiger partial charge in [0, 0.05) is 26.1 Å². The number of hydrogen-bond donors (Lipinski definition) is 1. The van der Waals surface area contributed by atoms with Crippen LogP contribution in [0.2, 0.25) is 0 Å². The van der Waals surface area contributed by atoms with Crippen LogP contribution in [0.5, 0.6) is 0 Å². The first kappa shape index (κ1) is 15.2. The summed E-state index contributed by atoms with van der Waals surface area (Å²) in [4.78, 5) is 13.7. The number of piperidine rings is 1. The van der Waals surface area contributed by atoms with Crippen molar-refractivity contribution in [3.8, 4) is 6.07 Å². The zero-order valence-corrected chi connectivity index (χ0v) is 11.7. The van der Waals surface area contributed by atoms with Gasteiger partial charge in [-0.2, -0.15) is 5.26 Å². The lowest BCUT2D eigenvalue weighted by Crippen LogP contribution is -2.36. The molecule has 4 nitrogen and oxygen atoms in total. The number of amides is 1. The van der Waals surface area contributed by atoms with Crippen LogP contribution in [0, 0.1) is 23.0 Å². The number of hydrogen-bond acceptors (Lipinski definition) is 3. The average molecular weight is 293 g/mol. The molecule has 1 heterocycles. The number of benzene rings is 1. The number of halogens is 2. The first-order valence-corrected chi connectivity index (χ1v) is 7.03. The molecule has 1 fully saturated rings. The van der Waals surface area contributed by atoms with Crippen molar-refractivity contribution in [2.45, 2.75) is 25.7 Å². The molecule has 112 valence electrons. The molecule has 1 aliphatic rings. The summed E-state index contributed by atoms with van der Waals surface area (Å²) >= 11 is 0. The number of likely N-dealkylation sites (tertiary alicyclic amines) is 1. The number of carbonyl (C=O) groups excluding carboxylic acids is 1. The van der Waals surface area contributed by atoms with E-state index >= 15 is 0 Å². The summed E-state index contributed by atoms with van der Waals surface area (Å²) in [5.74, 6) is -2.22. The zero-order valence-electron chi connectivity index (χ0n) is 11.7. The van der Waals surface area contributed by atoms with Crippen LogP contribution in [0.3, 0.4) is 0 Å². The van der Waals surface area contributed by atoms with E-state index in [2.05, 4.69) is 5.32 Å². The highest BCUT2D eigenvalue weighted by Crippen LogP contribution is 2.20. The van der Waals surface area contributed by atoms with E-state index in [1.165, 1.54) is 12.1 Å². The average Bonchev–Trinajstić information content (AvgIpc) is 2.52. The molecule has 0 aromatic heterocycles.